The van der Waals surface area contributed by atoms with Crippen molar-refractivity contribution < 1.29 is 8.83 Å². The third kappa shape index (κ3) is 6.46. The third-order valence-electron chi connectivity index (χ3n) is 13.0. The molecule has 0 bridgehead atoms. The number of hydrogen-bond acceptors (Lipinski definition) is 4. The molecule has 4 nitrogen and oxygen atoms in total. The molecule has 66 heavy (non-hydrogen) atoms. The molecule has 13 rings (SSSR count). The summed E-state index contributed by atoms with van der Waals surface area (Å²) >= 11 is 0. The number of benzene rings is 11. The minimum Gasteiger partial charge on any atom is -0.456 e. The van der Waals surface area contributed by atoms with Gasteiger partial charge in [-0.05, 0) is 141 Å². The summed E-state index contributed by atoms with van der Waals surface area (Å²) in [5.74, 6) is 0. The van der Waals surface area contributed by atoms with Gasteiger partial charge in [0.2, 0.25) is 0 Å². The predicted molar refractivity (Wildman–Crippen MR) is 276 cm³/mol. The maximum Gasteiger partial charge on any atom is 0.135 e. The first kappa shape index (κ1) is 37.7. The Labute approximate surface area is 381 Å². The van der Waals surface area contributed by atoms with Crippen LogP contribution in [-0.2, 0) is 0 Å². The van der Waals surface area contributed by atoms with Crippen LogP contribution in [0.15, 0.2) is 251 Å². The van der Waals surface area contributed by atoms with E-state index in [9.17, 15) is 0 Å². The molecular formula is C62H40N2O2. The standard InChI is InChI=1S/C62H40N2O2/c1-3-15-43-35-49(29-27-41(43)13-1)63(51-31-33-61-57(39-51)55-23-7-9-25-59(55)65-61)47-19-11-17-45(37-47)53-21-5-6-22-54(53)46-18-12-20-48(38-46)64(50-30-28-42-14-2-4-16-44(42)36-50)52-32-34-62-58(40-52)56-24-8-10-26-60(56)66-62/h1-40H. The van der Waals surface area contributed by atoms with Crippen molar-refractivity contribution >= 4 is 99.5 Å². The molecule has 0 unspecified atom stereocenters. The lowest BCUT2D eigenvalue weighted by atomic mass is 9.93. The molecule has 11 aromatic carbocycles. The van der Waals surface area contributed by atoms with E-state index in [-0.39, 0.29) is 0 Å². The van der Waals surface area contributed by atoms with Gasteiger partial charge in [-0.25, -0.2) is 0 Å². The second kappa shape index (κ2) is 15.4. The van der Waals surface area contributed by atoms with Gasteiger partial charge in [0.25, 0.3) is 0 Å². The Morgan fingerprint density at radius 2 is 0.591 bits per heavy atom. The summed E-state index contributed by atoms with van der Waals surface area (Å²) in [6.07, 6.45) is 0. The zero-order valence-electron chi connectivity index (χ0n) is 35.8. The van der Waals surface area contributed by atoms with Crippen LogP contribution in [0.3, 0.4) is 0 Å². The maximum atomic E-state index is 6.28. The smallest absolute Gasteiger partial charge is 0.135 e. The SMILES string of the molecule is c1cc(-c2ccccc2-c2cccc(N(c3ccc4ccccc4c3)c3ccc4oc5ccccc5c4c3)c2)cc(N(c2ccc3ccccc3c2)c2ccc3oc4ccccc4c3c2)c1. The van der Waals surface area contributed by atoms with Crippen LogP contribution in [0.1, 0.15) is 0 Å². The largest absolute Gasteiger partial charge is 0.456 e. The van der Waals surface area contributed by atoms with Crippen molar-refractivity contribution in [3.63, 3.8) is 0 Å². The Morgan fingerprint density at radius 1 is 0.227 bits per heavy atom. The van der Waals surface area contributed by atoms with Gasteiger partial charge in [-0.1, -0.05) is 146 Å². The van der Waals surface area contributed by atoms with Gasteiger partial charge >= 0.3 is 0 Å². The molecular weight excluding hydrogens is 805 g/mol. The average molecular weight is 845 g/mol. The van der Waals surface area contributed by atoms with Gasteiger partial charge in [0.15, 0.2) is 0 Å². The number of anilines is 6. The van der Waals surface area contributed by atoms with Crippen LogP contribution < -0.4 is 9.80 Å². The summed E-state index contributed by atoms with van der Waals surface area (Å²) in [7, 11) is 0. The highest BCUT2D eigenvalue weighted by Crippen LogP contribution is 2.44. The van der Waals surface area contributed by atoms with Crippen molar-refractivity contribution in [2.45, 2.75) is 0 Å². The Hall–Kier alpha value is -8.86. The van der Waals surface area contributed by atoms with Gasteiger partial charge in [0, 0.05) is 55.7 Å². The Bertz CT molecular complexity index is 3730. The molecule has 0 fully saturated rings. The topological polar surface area (TPSA) is 32.8 Å². The summed E-state index contributed by atoms with van der Waals surface area (Å²) in [5.41, 5.74) is 14.4. The second-order valence-corrected chi connectivity index (χ2v) is 16.9. The fourth-order valence-electron chi connectivity index (χ4n) is 9.84. The zero-order chi connectivity index (χ0) is 43.6. The summed E-state index contributed by atoms with van der Waals surface area (Å²) in [5, 5.41) is 9.17. The van der Waals surface area contributed by atoms with Crippen LogP contribution in [0.4, 0.5) is 34.1 Å². The molecule has 310 valence electrons. The molecule has 0 radical (unpaired) electrons. The van der Waals surface area contributed by atoms with Crippen molar-refractivity contribution in [1.82, 2.24) is 0 Å². The summed E-state index contributed by atoms with van der Waals surface area (Å²) in [6, 6.07) is 86.8. The van der Waals surface area contributed by atoms with Crippen molar-refractivity contribution in [2.75, 3.05) is 9.80 Å². The van der Waals surface area contributed by atoms with E-state index in [1.54, 1.807) is 0 Å². The van der Waals surface area contributed by atoms with E-state index in [0.717, 1.165) is 100 Å². The van der Waals surface area contributed by atoms with Crippen molar-refractivity contribution in [3.05, 3.63) is 243 Å². The van der Waals surface area contributed by atoms with E-state index in [2.05, 4.69) is 228 Å². The highest BCUT2D eigenvalue weighted by Gasteiger charge is 2.20. The van der Waals surface area contributed by atoms with Gasteiger partial charge in [-0.2, -0.15) is 0 Å². The molecule has 0 aliphatic carbocycles. The first-order chi connectivity index (χ1) is 32.7. The molecule has 4 heteroatoms. The van der Waals surface area contributed by atoms with Crippen LogP contribution in [0.5, 0.6) is 0 Å². The number of furan rings is 2. The molecule has 0 aliphatic heterocycles. The molecule has 0 saturated heterocycles. The summed E-state index contributed by atoms with van der Waals surface area (Å²) in [6.45, 7) is 0. The molecule has 2 aromatic heterocycles. The highest BCUT2D eigenvalue weighted by atomic mass is 16.3. The van der Waals surface area contributed by atoms with Gasteiger partial charge < -0.3 is 18.6 Å². The molecule has 0 saturated carbocycles. The minimum atomic E-state index is 0.873. The second-order valence-electron chi connectivity index (χ2n) is 16.9. The highest BCUT2D eigenvalue weighted by molar-refractivity contribution is 6.08. The van der Waals surface area contributed by atoms with Gasteiger partial charge in [0.1, 0.15) is 22.3 Å². The van der Waals surface area contributed by atoms with Crippen LogP contribution in [0.2, 0.25) is 0 Å². The van der Waals surface area contributed by atoms with E-state index < -0.39 is 0 Å². The lowest BCUT2D eigenvalue weighted by Gasteiger charge is -2.27. The monoisotopic (exact) mass is 844 g/mol. The van der Waals surface area contributed by atoms with Crippen LogP contribution in [0, 0.1) is 0 Å². The third-order valence-corrected chi connectivity index (χ3v) is 13.0. The minimum absolute atomic E-state index is 0.873. The number of nitrogens with zero attached hydrogens (tertiary/aromatic N) is 2. The summed E-state index contributed by atoms with van der Waals surface area (Å²) in [4.78, 5) is 4.73. The summed E-state index contributed by atoms with van der Waals surface area (Å²) < 4.78 is 12.6. The lowest BCUT2D eigenvalue weighted by Crippen LogP contribution is -2.10. The van der Waals surface area contributed by atoms with E-state index in [0.29, 0.717) is 0 Å². The number of fused-ring (bicyclic) bond motifs is 8. The van der Waals surface area contributed by atoms with Crippen molar-refractivity contribution in [3.8, 4) is 22.3 Å². The fourth-order valence-corrected chi connectivity index (χ4v) is 9.84. The number of para-hydroxylation sites is 2. The van der Waals surface area contributed by atoms with E-state index in [1.807, 2.05) is 24.3 Å². The van der Waals surface area contributed by atoms with E-state index >= 15 is 0 Å². The van der Waals surface area contributed by atoms with Gasteiger partial charge in [-0.3, -0.25) is 0 Å². The predicted octanol–water partition coefficient (Wildman–Crippen LogP) is 18.1. The van der Waals surface area contributed by atoms with Gasteiger partial charge in [-0.15, -0.1) is 0 Å². The van der Waals surface area contributed by atoms with Crippen molar-refractivity contribution in [2.24, 2.45) is 0 Å². The van der Waals surface area contributed by atoms with Gasteiger partial charge in [0.05, 0.1) is 0 Å². The zero-order valence-corrected chi connectivity index (χ0v) is 35.8. The molecule has 0 aliphatic rings. The molecule has 0 amide bonds. The lowest BCUT2D eigenvalue weighted by molar-refractivity contribution is 0.668. The van der Waals surface area contributed by atoms with Crippen molar-refractivity contribution in [1.29, 1.82) is 0 Å². The molecule has 0 atom stereocenters. The Kier molecular flexibility index (Phi) is 8.81. The Morgan fingerprint density at radius 3 is 1.08 bits per heavy atom. The quantitative estimate of drug-likeness (QED) is 0.153. The first-order valence-electron chi connectivity index (χ1n) is 22.4. The molecule has 0 N–H and O–H groups in total. The molecule has 0 spiro atoms. The number of hydrogen-bond donors (Lipinski definition) is 0. The Balaban J connectivity index is 0.943. The normalized spacial score (nSPS) is 11.6. The van der Waals surface area contributed by atoms with E-state index in [1.165, 1.54) is 21.5 Å². The first-order valence-corrected chi connectivity index (χ1v) is 22.4. The fraction of sp³-hybridized carbons (Fsp3) is 0. The van der Waals surface area contributed by atoms with Crippen LogP contribution in [-0.4, -0.2) is 0 Å². The number of rotatable bonds is 8. The van der Waals surface area contributed by atoms with E-state index in [4.69, 9.17) is 8.83 Å². The van der Waals surface area contributed by atoms with Crippen LogP contribution >= 0.6 is 0 Å². The molecule has 13 aromatic rings. The maximum absolute atomic E-state index is 6.28. The average Bonchev–Trinajstić information content (AvgIpc) is 3.95. The van der Waals surface area contributed by atoms with Crippen LogP contribution in [0.25, 0.3) is 87.7 Å². The molecule has 2 heterocycles.